The zero-order chi connectivity index (χ0) is 18.2. The average molecular weight is 379 g/mol. The fourth-order valence-electron chi connectivity index (χ4n) is 1.99. The topological polar surface area (TPSA) is 84.0 Å². The Morgan fingerprint density at radius 3 is 2.52 bits per heavy atom. The number of unbranched alkanes of at least 4 members (excludes halogenated alkanes) is 1. The summed E-state index contributed by atoms with van der Waals surface area (Å²) in [5, 5.41) is 14.5. The first kappa shape index (κ1) is 19.4. The van der Waals surface area contributed by atoms with E-state index in [4.69, 9.17) is 0 Å². The van der Waals surface area contributed by atoms with E-state index >= 15 is 0 Å². The summed E-state index contributed by atoms with van der Waals surface area (Å²) in [6.45, 7) is 5.74. The number of aryl methyl sites for hydroxylation is 1. The number of carbonyl (C=O) groups is 2. The van der Waals surface area contributed by atoms with E-state index in [0.29, 0.717) is 11.6 Å². The zero-order valence-electron chi connectivity index (χ0n) is 14.5. The number of anilines is 2. The molecule has 0 aliphatic carbocycles. The van der Waals surface area contributed by atoms with Gasteiger partial charge in [-0.1, -0.05) is 24.7 Å². The number of hydrogen-bond acceptors (Lipinski definition) is 6. The van der Waals surface area contributed by atoms with Crippen LogP contribution in [0.2, 0.25) is 0 Å². The molecule has 0 spiro atoms. The molecule has 0 radical (unpaired) electrons. The first-order valence-electron chi connectivity index (χ1n) is 8.15. The molecule has 0 aliphatic heterocycles. The molecule has 25 heavy (non-hydrogen) atoms. The number of aromatic nitrogens is 2. The molecule has 2 amide bonds. The van der Waals surface area contributed by atoms with E-state index in [1.165, 1.54) is 23.1 Å². The van der Waals surface area contributed by atoms with Crippen LogP contribution in [0.3, 0.4) is 0 Å². The van der Waals surface area contributed by atoms with E-state index in [-0.39, 0.29) is 17.1 Å². The van der Waals surface area contributed by atoms with Crippen molar-refractivity contribution < 1.29 is 9.59 Å². The predicted molar refractivity (Wildman–Crippen MR) is 103 cm³/mol. The van der Waals surface area contributed by atoms with E-state index in [9.17, 15) is 9.59 Å². The standard InChI is InChI=1S/C17H22N4O2S2/c1-4-5-6-15(22)18-13-7-9-14(10-8-13)24-11(2)16(23)19-17-21-20-12(3)25-17/h7-11H,4-6H2,1-3H3,(H,18,22)(H,19,21,23). The van der Waals surface area contributed by atoms with Crippen LogP contribution in [0.1, 0.15) is 38.1 Å². The highest BCUT2D eigenvalue weighted by Crippen LogP contribution is 2.26. The molecule has 0 saturated carbocycles. The summed E-state index contributed by atoms with van der Waals surface area (Å²) >= 11 is 2.80. The summed E-state index contributed by atoms with van der Waals surface area (Å²) in [6, 6.07) is 7.51. The van der Waals surface area contributed by atoms with Gasteiger partial charge >= 0.3 is 0 Å². The van der Waals surface area contributed by atoms with Gasteiger partial charge in [0.05, 0.1) is 5.25 Å². The van der Waals surface area contributed by atoms with Crippen molar-refractivity contribution in [1.82, 2.24) is 10.2 Å². The minimum Gasteiger partial charge on any atom is -0.326 e. The number of thioether (sulfide) groups is 1. The molecule has 1 aromatic carbocycles. The Bertz CT molecular complexity index is 716. The van der Waals surface area contributed by atoms with Gasteiger partial charge in [0, 0.05) is 17.0 Å². The maximum atomic E-state index is 12.2. The SMILES string of the molecule is CCCCC(=O)Nc1ccc(SC(C)C(=O)Nc2nnc(C)s2)cc1. The molecule has 2 N–H and O–H groups in total. The van der Waals surface area contributed by atoms with Crippen molar-refractivity contribution in [3.05, 3.63) is 29.3 Å². The number of amides is 2. The van der Waals surface area contributed by atoms with Crippen LogP contribution in [-0.4, -0.2) is 27.3 Å². The predicted octanol–water partition coefficient (Wildman–Crippen LogP) is 4.09. The Kier molecular flexibility index (Phi) is 7.39. The summed E-state index contributed by atoms with van der Waals surface area (Å²) in [4.78, 5) is 24.9. The van der Waals surface area contributed by atoms with Gasteiger partial charge in [0.25, 0.3) is 0 Å². The third-order valence-electron chi connectivity index (χ3n) is 3.33. The molecule has 2 aromatic rings. The van der Waals surface area contributed by atoms with Gasteiger partial charge in [-0.05, 0) is 44.5 Å². The fraction of sp³-hybridized carbons (Fsp3) is 0.412. The molecule has 0 saturated heterocycles. The van der Waals surface area contributed by atoms with Crippen molar-refractivity contribution in [3.8, 4) is 0 Å². The van der Waals surface area contributed by atoms with Gasteiger partial charge in [0.2, 0.25) is 16.9 Å². The van der Waals surface area contributed by atoms with Crippen LogP contribution in [-0.2, 0) is 9.59 Å². The Balaban J connectivity index is 1.85. The van der Waals surface area contributed by atoms with Crippen molar-refractivity contribution in [2.24, 2.45) is 0 Å². The van der Waals surface area contributed by atoms with E-state index in [0.717, 1.165) is 28.4 Å². The second-order valence-electron chi connectivity index (χ2n) is 5.55. The molecule has 1 unspecified atom stereocenters. The molecule has 0 bridgehead atoms. The second-order valence-corrected chi connectivity index (χ2v) is 8.15. The highest BCUT2D eigenvalue weighted by molar-refractivity contribution is 8.00. The van der Waals surface area contributed by atoms with Crippen molar-refractivity contribution in [3.63, 3.8) is 0 Å². The van der Waals surface area contributed by atoms with Crippen LogP contribution in [0.25, 0.3) is 0 Å². The van der Waals surface area contributed by atoms with Crippen molar-refractivity contribution in [1.29, 1.82) is 0 Å². The quantitative estimate of drug-likeness (QED) is 0.676. The lowest BCUT2D eigenvalue weighted by atomic mass is 10.2. The summed E-state index contributed by atoms with van der Waals surface area (Å²) in [7, 11) is 0. The van der Waals surface area contributed by atoms with Gasteiger partial charge in [0.15, 0.2) is 0 Å². The third-order valence-corrected chi connectivity index (χ3v) is 5.20. The summed E-state index contributed by atoms with van der Waals surface area (Å²) in [6.07, 6.45) is 2.43. The lowest BCUT2D eigenvalue weighted by Gasteiger charge is -2.11. The Hall–Kier alpha value is -1.93. The largest absolute Gasteiger partial charge is 0.326 e. The van der Waals surface area contributed by atoms with Crippen LogP contribution in [0, 0.1) is 6.92 Å². The highest BCUT2D eigenvalue weighted by Gasteiger charge is 2.16. The van der Waals surface area contributed by atoms with Gasteiger partial charge in [-0.2, -0.15) is 0 Å². The molecule has 8 heteroatoms. The summed E-state index contributed by atoms with van der Waals surface area (Å²) < 4.78 is 0. The second kappa shape index (κ2) is 9.53. The van der Waals surface area contributed by atoms with Crippen LogP contribution >= 0.6 is 23.1 Å². The van der Waals surface area contributed by atoms with Gasteiger partial charge in [-0.15, -0.1) is 22.0 Å². The zero-order valence-corrected chi connectivity index (χ0v) is 16.2. The van der Waals surface area contributed by atoms with E-state index in [1.54, 1.807) is 0 Å². The number of benzene rings is 1. The Morgan fingerprint density at radius 1 is 1.20 bits per heavy atom. The number of rotatable bonds is 8. The van der Waals surface area contributed by atoms with E-state index < -0.39 is 0 Å². The number of nitrogens with zero attached hydrogens (tertiary/aromatic N) is 2. The van der Waals surface area contributed by atoms with E-state index in [1.807, 2.05) is 38.1 Å². The molecular weight excluding hydrogens is 356 g/mol. The maximum Gasteiger partial charge on any atom is 0.239 e. The minimum absolute atomic E-state index is 0.0300. The number of nitrogens with one attached hydrogen (secondary N) is 2. The highest BCUT2D eigenvalue weighted by atomic mass is 32.2. The van der Waals surface area contributed by atoms with Crippen LogP contribution < -0.4 is 10.6 Å². The van der Waals surface area contributed by atoms with Gasteiger partial charge in [0.1, 0.15) is 5.01 Å². The van der Waals surface area contributed by atoms with Crippen LogP contribution in [0.15, 0.2) is 29.2 Å². The molecule has 0 fully saturated rings. The Labute approximate surface area is 155 Å². The molecule has 1 atom stereocenters. The van der Waals surface area contributed by atoms with Gasteiger partial charge in [-0.3, -0.25) is 14.9 Å². The smallest absolute Gasteiger partial charge is 0.239 e. The maximum absolute atomic E-state index is 12.2. The minimum atomic E-state index is -0.269. The molecular formula is C17H22N4O2S2. The van der Waals surface area contributed by atoms with E-state index in [2.05, 4.69) is 27.8 Å². The Morgan fingerprint density at radius 2 is 1.92 bits per heavy atom. The molecule has 134 valence electrons. The average Bonchev–Trinajstić information content (AvgIpc) is 2.99. The van der Waals surface area contributed by atoms with Gasteiger partial charge in [-0.25, -0.2) is 0 Å². The molecule has 6 nitrogen and oxygen atoms in total. The van der Waals surface area contributed by atoms with Gasteiger partial charge < -0.3 is 5.32 Å². The summed E-state index contributed by atoms with van der Waals surface area (Å²) in [5.74, 6) is -0.0829. The third kappa shape index (κ3) is 6.47. The fourth-order valence-corrected chi connectivity index (χ4v) is 3.45. The van der Waals surface area contributed by atoms with Crippen molar-refractivity contribution in [2.75, 3.05) is 10.6 Å². The molecule has 1 heterocycles. The van der Waals surface area contributed by atoms with Crippen molar-refractivity contribution in [2.45, 2.75) is 50.2 Å². The number of carbonyl (C=O) groups excluding carboxylic acids is 2. The lowest BCUT2D eigenvalue weighted by Crippen LogP contribution is -2.22. The van der Waals surface area contributed by atoms with Crippen LogP contribution in [0.5, 0.6) is 0 Å². The summed E-state index contributed by atoms with van der Waals surface area (Å²) in [5.41, 5.74) is 0.770. The molecule has 1 aromatic heterocycles. The molecule has 2 rings (SSSR count). The van der Waals surface area contributed by atoms with Crippen LogP contribution in [0.4, 0.5) is 10.8 Å². The first-order valence-corrected chi connectivity index (χ1v) is 9.85. The number of hydrogen-bond donors (Lipinski definition) is 2. The van der Waals surface area contributed by atoms with Crippen molar-refractivity contribution >= 4 is 45.7 Å². The first-order chi connectivity index (χ1) is 12.0. The molecule has 0 aliphatic rings. The lowest BCUT2D eigenvalue weighted by molar-refractivity contribution is -0.116. The normalized spacial score (nSPS) is 11.8. The monoisotopic (exact) mass is 378 g/mol.